The Morgan fingerprint density at radius 1 is 1.00 bits per heavy atom. The number of hydrogen-bond acceptors (Lipinski definition) is 4. The quantitative estimate of drug-likeness (QED) is 0.463. The van der Waals surface area contributed by atoms with Gasteiger partial charge in [-0.15, -0.1) is 0 Å². The summed E-state index contributed by atoms with van der Waals surface area (Å²) in [6, 6.07) is 15.6. The molecule has 2 amide bonds. The first-order chi connectivity index (χ1) is 17.5. The van der Waals surface area contributed by atoms with Crippen LogP contribution in [0.4, 0.5) is 0 Å². The van der Waals surface area contributed by atoms with E-state index in [9.17, 15) is 18.0 Å². The maximum atomic E-state index is 13.7. The molecule has 3 rings (SSSR count). The van der Waals surface area contributed by atoms with Gasteiger partial charge in [-0.25, -0.2) is 8.42 Å². The Bertz CT molecular complexity index is 1170. The van der Waals surface area contributed by atoms with Gasteiger partial charge in [-0.3, -0.25) is 9.59 Å². The molecule has 2 aromatic rings. The molecule has 0 radical (unpaired) electrons. The summed E-state index contributed by atoms with van der Waals surface area (Å²) in [5.41, 5.74) is 3.81. The molecule has 1 heterocycles. The molecule has 0 atom stereocenters. The van der Waals surface area contributed by atoms with E-state index in [0.717, 1.165) is 16.7 Å². The lowest BCUT2D eigenvalue weighted by Gasteiger charge is -2.39. The first-order valence-electron chi connectivity index (χ1n) is 13.2. The number of benzene rings is 2. The molecule has 0 spiro atoms. The van der Waals surface area contributed by atoms with Crippen LogP contribution in [0.1, 0.15) is 60.7 Å². The Balaban J connectivity index is 1.79. The molecule has 1 aliphatic rings. The zero-order valence-electron chi connectivity index (χ0n) is 22.8. The summed E-state index contributed by atoms with van der Waals surface area (Å²) < 4.78 is 26.8. The Morgan fingerprint density at radius 2 is 1.62 bits per heavy atom. The zero-order chi connectivity index (χ0) is 27.2. The van der Waals surface area contributed by atoms with Crippen molar-refractivity contribution < 1.29 is 18.0 Å². The van der Waals surface area contributed by atoms with E-state index in [1.807, 2.05) is 86.0 Å². The number of rotatable bonds is 10. The van der Waals surface area contributed by atoms with Crippen molar-refractivity contribution in [1.82, 2.24) is 14.1 Å². The topological polar surface area (TPSA) is 78.0 Å². The van der Waals surface area contributed by atoms with Crippen LogP contribution in [0.3, 0.4) is 0 Å². The second kappa shape index (κ2) is 12.7. The van der Waals surface area contributed by atoms with Crippen molar-refractivity contribution in [3.05, 3.63) is 70.8 Å². The van der Waals surface area contributed by atoms with E-state index < -0.39 is 10.0 Å². The minimum atomic E-state index is -3.51. The van der Waals surface area contributed by atoms with E-state index in [1.165, 1.54) is 4.31 Å². The summed E-state index contributed by atoms with van der Waals surface area (Å²) in [5, 5.41) is 0. The average molecular weight is 528 g/mol. The number of nitrogens with zero attached hydrogens (tertiary/aromatic N) is 3. The van der Waals surface area contributed by atoms with Crippen LogP contribution in [-0.4, -0.2) is 72.3 Å². The summed E-state index contributed by atoms with van der Waals surface area (Å²) in [5.74, 6) is -0.105. The van der Waals surface area contributed by atoms with E-state index in [2.05, 4.69) is 0 Å². The van der Waals surface area contributed by atoms with Crippen molar-refractivity contribution >= 4 is 21.8 Å². The van der Waals surface area contributed by atoms with Crippen molar-refractivity contribution in [2.45, 2.75) is 60.0 Å². The van der Waals surface area contributed by atoms with Gasteiger partial charge in [0.05, 0.1) is 12.3 Å². The second-order valence-electron chi connectivity index (χ2n) is 10.4. The van der Waals surface area contributed by atoms with Crippen LogP contribution in [0.5, 0.6) is 0 Å². The number of amides is 2. The Hall–Kier alpha value is -2.71. The predicted octanol–water partition coefficient (Wildman–Crippen LogP) is 4.24. The molecule has 202 valence electrons. The second-order valence-corrected chi connectivity index (χ2v) is 12.7. The highest BCUT2D eigenvalue weighted by atomic mass is 32.2. The standard InChI is InChI=1S/C29H41N3O4S/c1-6-37(35,36)31(19-22(2)3)21-28(33)32(20-25-13-11-23(4)12-14-25)26-15-17-30(18-16-26)29(34)27-10-8-7-9-24(27)5/h7-14,22,26H,6,15-21H2,1-5H3. The number of carbonyl (C=O) groups is 2. The van der Waals surface area contributed by atoms with Crippen LogP contribution in [0.15, 0.2) is 48.5 Å². The average Bonchev–Trinajstić information content (AvgIpc) is 2.87. The highest BCUT2D eigenvalue weighted by Gasteiger charge is 2.33. The molecule has 0 saturated carbocycles. The molecular weight excluding hydrogens is 486 g/mol. The summed E-state index contributed by atoms with van der Waals surface area (Å²) in [6.07, 6.45) is 1.31. The third-order valence-corrected chi connectivity index (χ3v) is 8.79. The number of piperidine rings is 1. The molecule has 1 fully saturated rings. The molecular formula is C29H41N3O4S. The van der Waals surface area contributed by atoms with Gasteiger partial charge in [-0.2, -0.15) is 4.31 Å². The van der Waals surface area contributed by atoms with Gasteiger partial charge in [0.1, 0.15) is 0 Å². The third-order valence-electron chi connectivity index (χ3n) is 7.00. The molecule has 0 aromatic heterocycles. The summed E-state index contributed by atoms with van der Waals surface area (Å²) >= 11 is 0. The number of carbonyl (C=O) groups excluding carboxylic acids is 2. The summed E-state index contributed by atoms with van der Waals surface area (Å²) in [7, 11) is -3.51. The lowest BCUT2D eigenvalue weighted by molar-refractivity contribution is -0.135. The zero-order valence-corrected chi connectivity index (χ0v) is 23.6. The van der Waals surface area contributed by atoms with Gasteiger partial charge in [-0.1, -0.05) is 61.9 Å². The number of aryl methyl sites for hydroxylation is 2. The van der Waals surface area contributed by atoms with Crippen molar-refractivity contribution in [3.63, 3.8) is 0 Å². The van der Waals surface area contributed by atoms with Crippen LogP contribution in [0.25, 0.3) is 0 Å². The normalized spacial score (nSPS) is 14.8. The van der Waals surface area contributed by atoms with Gasteiger partial charge in [0.2, 0.25) is 15.9 Å². The highest BCUT2D eigenvalue weighted by Crippen LogP contribution is 2.23. The predicted molar refractivity (Wildman–Crippen MR) is 148 cm³/mol. The van der Waals surface area contributed by atoms with Crippen molar-refractivity contribution in [2.75, 3.05) is 31.9 Å². The van der Waals surface area contributed by atoms with Gasteiger partial charge in [0.15, 0.2) is 0 Å². The molecule has 2 aromatic carbocycles. The lowest BCUT2D eigenvalue weighted by atomic mass is 10.00. The van der Waals surface area contributed by atoms with E-state index in [1.54, 1.807) is 6.92 Å². The van der Waals surface area contributed by atoms with Crippen LogP contribution in [0.2, 0.25) is 0 Å². The van der Waals surface area contributed by atoms with Crippen molar-refractivity contribution in [3.8, 4) is 0 Å². The Labute approximate surface area is 222 Å². The van der Waals surface area contributed by atoms with Crippen molar-refractivity contribution in [1.29, 1.82) is 0 Å². The number of hydrogen-bond donors (Lipinski definition) is 0. The minimum absolute atomic E-state index is 0.0186. The monoisotopic (exact) mass is 527 g/mol. The van der Waals surface area contributed by atoms with Crippen LogP contribution in [-0.2, 0) is 21.4 Å². The Morgan fingerprint density at radius 3 is 2.19 bits per heavy atom. The number of sulfonamides is 1. The first-order valence-corrected chi connectivity index (χ1v) is 14.8. The maximum absolute atomic E-state index is 13.7. The maximum Gasteiger partial charge on any atom is 0.254 e. The fourth-order valence-electron chi connectivity index (χ4n) is 4.78. The molecule has 8 heteroatoms. The number of likely N-dealkylation sites (tertiary alicyclic amines) is 1. The molecule has 0 bridgehead atoms. The van der Waals surface area contributed by atoms with Gasteiger partial charge in [0, 0.05) is 37.8 Å². The van der Waals surface area contributed by atoms with Crippen LogP contribution < -0.4 is 0 Å². The molecule has 7 nitrogen and oxygen atoms in total. The van der Waals surface area contributed by atoms with Gasteiger partial charge in [-0.05, 0) is 56.7 Å². The van der Waals surface area contributed by atoms with Gasteiger partial charge >= 0.3 is 0 Å². The summed E-state index contributed by atoms with van der Waals surface area (Å²) in [6.45, 7) is 11.1. The van der Waals surface area contributed by atoms with Gasteiger partial charge < -0.3 is 9.80 Å². The van der Waals surface area contributed by atoms with Crippen LogP contribution >= 0.6 is 0 Å². The Kier molecular flexibility index (Phi) is 9.90. The molecule has 0 aliphatic carbocycles. The van der Waals surface area contributed by atoms with E-state index in [0.29, 0.717) is 44.6 Å². The molecule has 0 N–H and O–H groups in total. The lowest BCUT2D eigenvalue weighted by Crippen LogP contribution is -2.51. The highest BCUT2D eigenvalue weighted by molar-refractivity contribution is 7.89. The summed E-state index contributed by atoms with van der Waals surface area (Å²) in [4.78, 5) is 30.5. The van der Waals surface area contributed by atoms with Gasteiger partial charge in [0.25, 0.3) is 5.91 Å². The third kappa shape index (κ3) is 7.65. The van der Waals surface area contributed by atoms with E-state index in [4.69, 9.17) is 0 Å². The van der Waals surface area contributed by atoms with E-state index >= 15 is 0 Å². The largest absolute Gasteiger partial charge is 0.338 e. The van der Waals surface area contributed by atoms with Crippen LogP contribution in [0, 0.1) is 19.8 Å². The first kappa shape index (κ1) is 28.9. The minimum Gasteiger partial charge on any atom is -0.338 e. The SMILES string of the molecule is CCS(=O)(=O)N(CC(=O)N(Cc1ccc(C)cc1)C1CCN(C(=O)c2ccccc2C)CC1)CC(C)C. The van der Waals surface area contributed by atoms with E-state index in [-0.39, 0.29) is 36.1 Å². The fourth-order valence-corrected chi connectivity index (χ4v) is 5.98. The fraction of sp³-hybridized carbons (Fsp3) is 0.517. The molecule has 1 saturated heterocycles. The molecule has 1 aliphatic heterocycles. The smallest absolute Gasteiger partial charge is 0.254 e. The molecule has 37 heavy (non-hydrogen) atoms. The molecule has 0 unspecified atom stereocenters. The van der Waals surface area contributed by atoms with Crippen molar-refractivity contribution in [2.24, 2.45) is 5.92 Å².